The Balaban J connectivity index is 1.80. The number of hydrogen-bond acceptors (Lipinski definition) is 6. The number of aromatic nitrogens is 3. The summed E-state index contributed by atoms with van der Waals surface area (Å²) >= 11 is 0. The Hall–Kier alpha value is -3.35. The van der Waals surface area contributed by atoms with Gasteiger partial charge in [-0.15, -0.1) is 10.2 Å². The first kappa shape index (κ1) is 17.5. The van der Waals surface area contributed by atoms with Crippen molar-refractivity contribution < 1.29 is 9.47 Å². The molecule has 0 amide bonds. The van der Waals surface area contributed by atoms with Crippen molar-refractivity contribution in [1.82, 2.24) is 15.2 Å². The minimum absolute atomic E-state index is 0.286. The molecule has 7 heteroatoms. The van der Waals surface area contributed by atoms with E-state index in [4.69, 9.17) is 9.47 Å². The van der Waals surface area contributed by atoms with Crippen LogP contribution in [0.2, 0.25) is 0 Å². The molecular formula is C19H20N4O3. The van der Waals surface area contributed by atoms with Crippen LogP contribution in [0.1, 0.15) is 16.8 Å². The van der Waals surface area contributed by atoms with Gasteiger partial charge in [-0.2, -0.15) is 0 Å². The number of aromatic amines is 1. The zero-order valence-corrected chi connectivity index (χ0v) is 14.9. The molecule has 26 heavy (non-hydrogen) atoms. The van der Waals surface area contributed by atoms with Crippen LogP contribution in [0, 0.1) is 6.92 Å². The highest BCUT2D eigenvalue weighted by molar-refractivity contribution is 5.57. The van der Waals surface area contributed by atoms with Crippen molar-refractivity contribution in [1.29, 1.82) is 0 Å². The van der Waals surface area contributed by atoms with Crippen LogP contribution in [-0.2, 0) is 6.42 Å². The van der Waals surface area contributed by atoms with E-state index in [1.165, 1.54) is 0 Å². The molecule has 2 N–H and O–H groups in total. The summed E-state index contributed by atoms with van der Waals surface area (Å²) in [5.41, 5.74) is 2.83. The third-order valence-electron chi connectivity index (χ3n) is 3.98. The highest BCUT2D eigenvalue weighted by Gasteiger charge is 2.10. The number of para-hydroxylation sites is 1. The first-order chi connectivity index (χ1) is 12.6. The molecule has 7 nitrogen and oxygen atoms in total. The monoisotopic (exact) mass is 352 g/mol. The van der Waals surface area contributed by atoms with Crippen LogP contribution < -0.4 is 20.3 Å². The van der Waals surface area contributed by atoms with Crippen LogP contribution in [0.25, 0.3) is 0 Å². The predicted octanol–water partition coefficient (Wildman–Crippen LogP) is 2.82. The molecule has 0 unspecified atom stereocenters. The third-order valence-corrected chi connectivity index (χ3v) is 3.98. The van der Waals surface area contributed by atoms with Crippen LogP contribution in [0.3, 0.4) is 0 Å². The Kier molecular flexibility index (Phi) is 5.17. The number of H-pyrrole nitrogens is 1. The fraction of sp³-hybridized carbons (Fsp3) is 0.211. The van der Waals surface area contributed by atoms with Gasteiger partial charge in [-0.1, -0.05) is 24.3 Å². The molecule has 3 rings (SSSR count). The Morgan fingerprint density at radius 2 is 1.81 bits per heavy atom. The maximum atomic E-state index is 12.3. The maximum absolute atomic E-state index is 12.3. The quantitative estimate of drug-likeness (QED) is 0.709. The highest BCUT2D eigenvalue weighted by Crippen LogP contribution is 2.28. The number of benzene rings is 2. The first-order valence-electron chi connectivity index (χ1n) is 8.10. The third kappa shape index (κ3) is 3.83. The minimum atomic E-state index is -0.286. The molecule has 0 saturated carbocycles. The topological polar surface area (TPSA) is 89.1 Å². The molecule has 0 saturated heterocycles. The van der Waals surface area contributed by atoms with Gasteiger partial charge in [0.05, 0.1) is 14.2 Å². The van der Waals surface area contributed by atoms with Crippen molar-refractivity contribution in [3.63, 3.8) is 0 Å². The molecule has 0 aliphatic carbocycles. The van der Waals surface area contributed by atoms with Crippen molar-refractivity contribution in [2.24, 2.45) is 0 Å². The standard InChI is InChI=1S/C19H20N4O3/c1-12-6-4-5-7-14(12)20-19-21-18(24)15(22-23-19)10-13-8-9-16(25-2)17(11-13)26-3/h4-9,11H,10H2,1-3H3,(H2,20,21,23,24). The summed E-state index contributed by atoms with van der Waals surface area (Å²) in [7, 11) is 3.15. The molecule has 3 aromatic rings. The van der Waals surface area contributed by atoms with Gasteiger partial charge >= 0.3 is 0 Å². The Labute approximate surface area is 151 Å². The van der Waals surface area contributed by atoms with E-state index in [2.05, 4.69) is 20.5 Å². The van der Waals surface area contributed by atoms with Gasteiger partial charge in [0.1, 0.15) is 5.69 Å². The van der Waals surface area contributed by atoms with Crippen LogP contribution in [-0.4, -0.2) is 29.4 Å². The highest BCUT2D eigenvalue weighted by atomic mass is 16.5. The van der Waals surface area contributed by atoms with E-state index < -0.39 is 0 Å². The number of rotatable bonds is 6. The Morgan fingerprint density at radius 3 is 2.50 bits per heavy atom. The smallest absolute Gasteiger partial charge is 0.274 e. The maximum Gasteiger partial charge on any atom is 0.274 e. The van der Waals surface area contributed by atoms with Gasteiger partial charge < -0.3 is 14.8 Å². The van der Waals surface area contributed by atoms with Crippen molar-refractivity contribution in [3.05, 3.63) is 69.6 Å². The molecular weight excluding hydrogens is 332 g/mol. The van der Waals surface area contributed by atoms with Crippen LogP contribution in [0.4, 0.5) is 11.6 Å². The van der Waals surface area contributed by atoms with Gasteiger partial charge in [-0.05, 0) is 36.2 Å². The molecule has 0 aliphatic rings. The normalized spacial score (nSPS) is 10.4. The van der Waals surface area contributed by atoms with Gasteiger partial charge in [0, 0.05) is 12.1 Å². The van der Waals surface area contributed by atoms with E-state index in [0.29, 0.717) is 29.6 Å². The lowest BCUT2D eigenvalue weighted by molar-refractivity contribution is 0.354. The van der Waals surface area contributed by atoms with Gasteiger partial charge in [0.2, 0.25) is 5.95 Å². The fourth-order valence-electron chi connectivity index (χ4n) is 2.56. The number of anilines is 2. The number of ether oxygens (including phenoxy) is 2. The molecule has 0 spiro atoms. The second kappa shape index (κ2) is 7.69. The Bertz CT molecular complexity index is 969. The van der Waals surface area contributed by atoms with E-state index in [-0.39, 0.29) is 5.56 Å². The van der Waals surface area contributed by atoms with E-state index in [0.717, 1.165) is 16.8 Å². The summed E-state index contributed by atoms with van der Waals surface area (Å²) in [6, 6.07) is 13.2. The molecule has 134 valence electrons. The fourth-order valence-corrected chi connectivity index (χ4v) is 2.56. The summed E-state index contributed by atoms with van der Waals surface area (Å²) in [4.78, 5) is 15.1. The summed E-state index contributed by atoms with van der Waals surface area (Å²) in [6.07, 6.45) is 0.341. The van der Waals surface area contributed by atoms with Crippen LogP contribution >= 0.6 is 0 Å². The van der Waals surface area contributed by atoms with Crippen molar-refractivity contribution in [2.45, 2.75) is 13.3 Å². The molecule has 0 radical (unpaired) electrons. The average molecular weight is 352 g/mol. The molecule has 0 bridgehead atoms. The van der Waals surface area contributed by atoms with E-state index in [9.17, 15) is 4.79 Å². The van der Waals surface area contributed by atoms with Crippen molar-refractivity contribution >= 4 is 11.6 Å². The summed E-state index contributed by atoms with van der Waals surface area (Å²) in [5, 5.41) is 11.2. The van der Waals surface area contributed by atoms with Crippen LogP contribution in [0.5, 0.6) is 11.5 Å². The summed E-state index contributed by atoms with van der Waals surface area (Å²) in [5.74, 6) is 1.54. The first-order valence-corrected chi connectivity index (χ1v) is 8.10. The van der Waals surface area contributed by atoms with E-state index >= 15 is 0 Å². The van der Waals surface area contributed by atoms with Gasteiger partial charge in [0.25, 0.3) is 5.56 Å². The molecule has 1 heterocycles. The van der Waals surface area contributed by atoms with Gasteiger partial charge in [-0.25, -0.2) is 0 Å². The molecule has 0 fully saturated rings. The number of nitrogens with zero attached hydrogens (tertiary/aromatic N) is 2. The second-order valence-corrected chi connectivity index (χ2v) is 5.76. The molecule has 0 aliphatic heterocycles. The summed E-state index contributed by atoms with van der Waals surface area (Å²) < 4.78 is 10.5. The number of methoxy groups -OCH3 is 2. The zero-order valence-electron chi connectivity index (χ0n) is 14.9. The Morgan fingerprint density at radius 1 is 1.04 bits per heavy atom. The number of nitrogens with one attached hydrogen (secondary N) is 2. The zero-order chi connectivity index (χ0) is 18.5. The van der Waals surface area contributed by atoms with E-state index in [1.54, 1.807) is 20.3 Å². The van der Waals surface area contributed by atoms with E-state index in [1.807, 2.05) is 43.3 Å². The second-order valence-electron chi connectivity index (χ2n) is 5.76. The van der Waals surface area contributed by atoms with Crippen molar-refractivity contribution in [2.75, 3.05) is 19.5 Å². The van der Waals surface area contributed by atoms with Gasteiger partial charge in [-0.3, -0.25) is 9.78 Å². The molecule has 1 aromatic heterocycles. The SMILES string of the molecule is COc1ccc(Cc2nnc(Nc3ccccc3C)[nH]c2=O)cc1OC. The number of aryl methyl sites for hydroxylation is 1. The molecule has 0 atom stereocenters. The van der Waals surface area contributed by atoms with Gasteiger partial charge in [0.15, 0.2) is 11.5 Å². The van der Waals surface area contributed by atoms with Crippen molar-refractivity contribution in [3.8, 4) is 11.5 Å². The lowest BCUT2D eigenvalue weighted by atomic mass is 10.1. The molecule has 2 aromatic carbocycles. The average Bonchev–Trinajstić information content (AvgIpc) is 2.65. The predicted molar refractivity (Wildman–Crippen MR) is 99.5 cm³/mol. The largest absolute Gasteiger partial charge is 0.493 e. The summed E-state index contributed by atoms with van der Waals surface area (Å²) in [6.45, 7) is 1.97. The minimum Gasteiger partial charge on any atom is -0.493 e. The lowest BCUT2D eigenvalue weighted by Gasteiger charge is -2.10. The van der Waals surface area contributed by atoms with Crippen LogP contribution in [0.15, 0.2) is 47.3 Å². The number of hydrogen-bond donors (Lipinski definition) is 2. The lowest BCUT2D eigenvalue weighted by Crippen LogP contribution is -2.19.